The van der Waals surface area contributed by atoms with Crippen molar-refractivity contribution in [1.29, 1.82) is 0 Å². The van der Waals surface area contributed by atoms with E-state index in [2.05, 4.69) is 16.9 Å². The Kier molecular flexibility index (Phi) is 4.81. The van der Waals surface area contributed by atoms with E-state index in [1.54, 1.807) is 12.3 Å². The molecule has 3 nitrogen and oxygen atoms in total. The zero-order chi connectivity index (χ0) is 13.5. The molecule has 1 aromatic heterocycles. The molecule has 0 spiro atoms. The highest BCUT2D eigenvalue weighted by Gasteiger charge is 2.00. The maximum absolute atomic E-state index is 5.97. The minimum absolute atomic E-state index is 0.480. The standard InChI is InChI=1S/C15H15ClN2O/c1-2-10-19-13-7-5-12(6-8-13)11-18-14-4-3-9-17-15(14)16/h2-9,18H,1,10-11H2. The summed E-state index contributed by atoms with van der Waals surface area (Å²) in [6, 6.07) is 11.6. The first kappa shape index (κ1) is 13.4. The van der Waals surface area contributed by atoms with E-state index in [0.717, 1.165) is 17.0 Å². The maximum atomic E-state index is 5.97. The van der Waals surface area contributed by atoms with E-state index >= 15 is 0 Å². The van der Waals surface area contributed by atoms with Gasteiger partial charge >= 0.3 is 0 Å². The Morgan fingerprint density at radius 2 is 2.05 bits per heavy atom. The van der Waals surface area contributed by atoms with Crippen molar-refractivity contribution in [2.24, 2.45) is 0 Å². The Morgan fingerprint density at radius 1 is 1.26 bits per heavy atom. The average molecular weight is 275 g/mol. The van der Waals surface area contributed by atoms with Crippen molar-refractivity contribution in [3.8, 4) is 5.75 Å². The van der Waals surface area contributed by atoms with Gasteiger partial charge in [0.25, 0.3) is 0 Å². The third-order valence-corrected chi connectivity index (χ3v) is 2.83. The van der Waals surface area contributed by atoms with Crippen LogP contribution in [0.4, 0.5) is 5.69 Å². The Bertz CT molecular complexity index is 540. The molecular formula is C15H15ClN2O. The van der Waals surface area contributed by atoms with E-state index < -0.39 is 0 Å². The number of aromatic nitrogens is 1. The number of halogens is 1. The smallest absolute Gasteiger partial charge is 0.152 e. The second-order valence-corrected chi connectivity index (χ2v) is 4.30. The van der Waals surface area contributed by atoms with E-state index in [1.807, 2.05) is 36.4 Å². The largest absolute Gasteiger partial charge is 0.490 e. The number of nitrogens with one attached hydrogen (secondary N) is 1. The first-order valence-electron chi connectivity index (χ1n) is 5.96. The van der Waals surface area contributed by atoms with Crippen molar-refractivity contribution >= 4 is 17.3 Å². The Balaban J connectivity index is 1.93. The van der Waals surface area contributed by atoms with Gasteiger partial charge in [0, 0.05) is 12.7 Å². The third-order valence-electron chi connectivity index (χ3n) is 2.53. The van der Waals surface area contributed by atoms with Crippen molar-refractivity contribution in [1.82, 2.24) is 4.98 Å². The monoisotopic (exact) mass is 274 g/mol. The summed E-state index contributed by atoms with van der Waals surface area (Å²) in [5.74, 6) is 0.836. The van der Waals surface area contributed by atoms with Crippen molar-refractivity contribution in [3.63, 3.8) is 0 Å². The molecule has 0 aliphatic carbocycles. The fourth-order valence-corrected chi connectivity index (χ4v) is 1.76. The first-order chi connectivity index (χ1) is 9.29. The number of ether oxygens (including phenoxy) is 1. The van der Waals surface area contributed by atoms with Crippen LogP contribution in [0.3, 0.4) is 0 Å². The van der Waals surface area contributed by atoms with E-state index in [9.17, 15) is 0 Å². The van der Waals surface area contributed by atoms with Crippen LogP contribution < -0.4 is 10.1 Å². The number of pyridine rings is 1. The molecule has 0 atom stereocenters. The summed E-state index contributed by atoms with van der Waals surface area (Å²) in [7, 11) is 0. The topological polar surface area (TPSA) is 34.1 Å². The lowest BCUT2D eigenvalue weighted by Gasteiger charge is -2.08. The van der Waals surface area contributed by atoms with E-state index in [0.29, 0.717) is 18.3 Å². The molecule has 2 aromatic rings. The highest BCUT2D eigenvalue weighted by molar-refractivity contribution is 6.31. The Hall–Kier alpha value is -2.00. The van der Waals surface area contributed by atoms with Crippen LogP contribution in [0.25, 0.3) is 0 Å². The van der Waals surface area contributed by atoms with Crippen LogP contribution in [0.2, 0.25) is 5.15 Å². The molecule has 0 bridgehead atoms. The summed E-state index contributed by atoms with van der Waals surface area (Å²) in [5, 5.41) is 3.72. The van der Waals surface area contributed by atoms with Gasteiger partial charge in [-0.2, -0.15) is 0 Å². The van der Waals surface area contributed by atoms with Crippen molar-refractivity contribution in [2.75, 3.05) is 11.9 Å². The summed E-state index contributed by atoms with van der Waals surface area (Å²) in [6.07, 6.45) is 3.39. The number of hydrogen-bond acceptors (Lipinski definition) is 3. The van der Waals surface area contributed by atoms with Gasteiger partial charge in [-0.25, -0.2) is 4.98 Å². The molecule has 0 aliphatic rings. The zero-order valence-electron chi connectivity index (χ0n) is 10.5. The molecule has 19 heavy (non-hydrogen) atoms. The molecule has 0 saturated heterocycles. The Morgan fingerprint density at radius 3 is 2.74 bits per heavy atom. The molecular weight excluding hydrogens is 260 g/mol. The summed E-state index contributed by atoms with van der Waals surface area (Å²) in [6.45, 7) is 4.82. The SMILES string of the molecule is C=CCOc1ccc(CNc2cccnc2Cl)cc1. The average Bonchev–Trinajstić information content (AvgIpc) is 2.45. The molecule has 0 aliphatic heterocycles. The predicted octanol–water partition coefficient (Wildman–Crippen LogP) is 3.91. The molecule has 1 aromatic carbocycles. The molecule has 98 valence electrons. The summed E-state index contributed by atoms with van der Waals surface area (Å²) in [5.41, 5.74) is 1.97. The third kappa shape index (κ3) is 4.00. The van der Waals surface area contributed by atoms with Gasteiger partial charge in [-0.1, -0.05) is 36.4 Å². The van der Waals surface area contributed by atoms with Crippen LogP contribution in [0.1, 0.15) is 5.56 Å². The molecule has 1 heterocycles. The lowest BCUT2D eigenvalue weighted by molar-refractivity contribution is 0.363. The predicted molar refractivity (Wildman–Crippen MR) is 78.7 cm³/mol. The number of anilines is 1. The van der Waals surface area contributed by atoms with Crippen molar-refractivity contribution in [2.45, 2.75) is 6.54 Å². The van der Waals surface area contributed by atoms with Crippen LogP contribution in [-0.2, 0) is 6.54 Å². The molecule has 0 unspecified atom stereocenters. The molecule has 0 radical (unpaired) electrons. The maximum Gasteiger partial charge on any atom is 0.152 e. The lowest BCUT2D eigenvalue weighted by Crippen LogP contribution is -2.00. The zero-order valence-corrected chi connectivity index (χ0v) is 11.2. The van der Waals surface area contributed by atoms with Gasteiger partial charge in [-0.3, -0.25) is 0 Å². The molecule has 4 heteroatoms. The van der Waals surface area contributed by atoms with Crippen LogP contribution >= 0.6 is 11.6 Å². The number of hydrogen-bond donors (Lipinski definition) is 1. The molecule has 0 amide bonds. The quantitative estimate of drug-likeness (QED) is 0.640. The van der Waals surface area contributed by atoms with Crippen LogP contribution in [0.15, 0.2) is 55.3 Å². The van der Waals surface area contributed by atoms with Gasteiger partial charge in [-0.05, 0) is 29.8 Å². The van der Waals surface area contributed by atoms with E-state index in [4.69, 9.17) is 16.3 Å². The van der Waals surface area contributed by atoms with Crippen LogP contribution in [-0.4, -0.2) is 11.6 Å². The minimum Gasteiger partial charge on any atom is -0.490 e. The van der Waals surface area contributed by atoms with Crippen LogP contribution in [0, 0.1) is 0 Å². The lowest BCUT2D eigenvalue weighted by atomic mass is 10.2. The van der Waals surface area contributed by atoms with Gasteiger partial charge in [-0.15, -0.1) is 0 Å². The van der Waals surface area contributed by atoms with E-state index in [1.165, 1.54) is 0 Å². The van der Waals surface area contributed by atoms with Gasteiger partial charge in [0.1, 0.15) is 12.4 Å². The summed E-state index contributed by atoms with van der Waals surface area (Å²) in [4.78, 5) is 4.01. The molecule has 0 fully saturated rings. The molecule has 1 N–H and O–H groups in total. The molecule has 2 rings (SSSR count). The fourth-order valence-electron chi connectivity index (χ4n) is 1.57. The minimum atomic E-state index is 0.480. The highest BCUT2D eigenvalue weighted by atomic mass is 35.5. The number of rotatable bonds is 6. The van der Waals surface area contributed by atoms with Crippen LogP contribution in [0.5, 0.6) is 5.75 Å². The van der Waals surface area contributed by atoms with Crippen molar-refractivity contribution in [3.05, 3.63) is 66.0 Å². The summed E-state index contributed by atoms with van der Waals surface area (Å²) >= 11 is 5.97. The normalized spacial score (nSPS) is 9.95. The Labute approximate surface area is 117 Å². The van der Waals surface area contributed by atoms with Gasteiger partial charge < -0.3 is 10.1 Å². The number of benzene rings is 1. The second kappa shape index (κ2) is 6.81. The highest BCUT2D eigenvalue weighted by Crippen LogP contribution is 2.19. The molecule has 0 saturated carbocycles. The van der Waals surface area contributed by atoms with E-state index in [-0.39, 0.29) is 0 Å². The number of nitrogens with zero attached hydrogens (tertiary/aromatic N) is 1. The van der Waals surface area contributed by atoms with Crippen molar-refractivity contribution < 1.29 is 4.74 Å². The van der Waals surface area contributed by atoms with Gasteiger partial charge in [0.05, 0.1) is 5.69 Å². The van der Waals surface area contributed by atoms with Gasteiger partial charge in [0.15, 0.2) is 5.15 Å². The first-order valence-corrected chi connectivity index (χ1v) is 6.34. The summed E-state index contributed by atoms with van der Waals surface area (Å²) < 4.78 is 5.42. The second-order valence-electron chi connectivity index (χ2n) is 3.94. The van der Waals surface area contributed by atoms with Gasteiger partial charge in [0.2, 0.25) is 0 Å². The fraction of sp³-hybridized carbons (Fsp3) is 0.133.